The van der Waals surface area contributed by atoms with Gasteiger partial charge in [0, 0.05) is 55.4 Å². The largest absolute Gasteiger partial charge is 0.493 e. The number of carbonyl (C=O) groups excluding carboxylic acids is 1. The molecule has 45 heavy (non-hydrogen) atoms. The Bertz CT molecular complexity index is 1440. The number of benzene rings is 2. The number of nitrogens with zero attached hydrogens (tertiary/aromatic N) is 3. The molecule has 0 spiro atoms. The number of non-ortho nitro benzene ring substituents is 1. The summed E-state index contributed by atoms with van der Waals surface area (Å²) < 4.78 is 16.1. The topological polar surface area (TPSA) is 173 Å². The van der Waals surface area contributed by atoms with E-state index in [0.29, 0.717) is 42.3 Å². The number of esters is 1. The summed E-state index contributed by atoms with van der Waals surface area (Å²) in [5.41, 5.74) is 0.403. The lowest BCUT2D eigenvalue weighted by Crippen LogP contribution is -2.51. The van der Waals surface area contributed by atoms with E-state index < -0.39 is 40.3 Å². The van der Waals surface area contributed by atoms with Crippen molar-refractivity contribution in [3.05, 3.63) is 75.5 Å². The van der Waals surface area contributed by atoms with Crippen molar-refractivity contribution >= 4 is 23.3 Å². The molecule has 1 heterocycles. The molecule has 244 valence electrons. The van der Waals surface area contributed by atoms with Crippen LogP contribution in [0.4, 0.5) is 5.69 Å². The van der Waals surface area contributed by atoms with Crippen molar-refractivity contribution in [3.63, 3.8) is 0 Å². The van der Waals surface area contributed by atoms with Gasteiger partial charge < -0.3 is 34.6 Å². The van der Waals surface area contributed by atoms with E-state index >= 15 is 0 Å². The molecule has 3 rings (SSSR count). The predicted molar refractivity (Wildman–Crippen MR) is 168 cm³/mol. The predicted octanol–water partition coefficient (Wildman–Crippen LogP) is 3.42. The first-order valence-corrected chi connectivity index (χ1v) is 14.5. The second kappa shape index (κ2) is 15.6. The lowest BCUT2D eigenvalue weighted by Gasteiger charge is -2.34. The number of likely N-dealkylation sites (N-methyl/N-ethyl adjacent to an activating group) is 1. The molecule has 3 N–H and O–H groups in total. The van der Waals surface area contributed by atoms with Gasteiger partial charge in [-0.05, 0) is 45.5 Å². The Morgan fingerprint density at radius 3 is 2.47 bits per heavy atom. The summed E-state index contributed by atoms with van der Waals surface area (Å²) in [6.45, 7) is 6.93. The highest BCUT2D eigenvalue weighted by molar-refractivity contribution is 6.06. The zero-order valence-electron chi connectivity index (χ0n) is 26.5. The van der Waals surface area contributed by atoms with Crippen LogP contribution in [0.15, 0.2) is 64.8 Å². The number of ether oxygens (including phenoxy) is 3. The van der Waals surface area contributed by atoms with E-state index in [9.17, 15) is 29.9 Å². The summed E-state index contributed by atoms with van der Waals surface area (Å²) in [6.07, 6.45) is -0.485. The number of para-hydroxylation sites is 2. The molecule has 13 heteroatoms. The molecule has 0 fully saturated rings. The Hall–Kier alpha value is -4.33. The van der Waals surface area contributed by atoms with E-state index in [4.69, 9.17) is 14.2 Å². The van der Waals surface area contributed by atoms with E-state index in [0.717, 1.165) is 0 Å². The summed E-state index contributed by atoms with van der Waals surface area (Å²) in [6, 6.07) is 12.8. The monoisotopic (exact) mass is 626 g/mol. The summed E-state index contributed by atoms with van der Waals surface area (Å²) in [7, 11) is 4.66. The van der Waals surface area contributed by atoms with Gasteiger partial charge in [0.25, 0.3) is 5.69 Å². The van der Waals surface area contributed by atoms with Crippen LogP contribution in [0.3, 0.4) is 0 Å². The summed E-state index contributed by atoms with van der Waals surface area (Å²) in [5.74, 6) is -3.04. The molecule has 0 bridgehead atoms. The van der Waals surface area contributed by atoms with E-state index in [1.807, 2.05) is 37.9 Å². The number of methoxy groups -OCH3 is 2. The molecule has 13 nitrogen and oxygen atoms in total. The van der Waals surface area contributed by atoms with Gasteiger partial charge in [-0.25, -0.2) is 4.79 Å². The highest BCUT2D eigenvalue weighted by Crippen LogP contribution is 2.41. The highest BCUT2D eigenvalue weighted by Gasteiger charge is 2.42. The Morgan fingerprint density at radius 2 is 1.84 bits per heavy atom. The Labute approximate surface area is 262 Å². The number of carboxylic acid groups (broad SMARTS) is 1. The molecule has 2 aromatic carbocycles. The van der Waals surface area contributed by atoms with Crippen molar-refractivity contribution in [2.45, 2.75) is 44.8 Å². The maximum Gasteiger partial charge on any atom is 0.336 e. The van der Waals surface area contributed by atoms with E-state index in [2.05, 4.69) is 10.3 Å². The third kappa shape index (κ3) is 9.33. The molecular formula is C32H42N4O9. The maximum atomic E-state index is 13.1. The van der Waals surface area contributed by atoms with Crippen LogP contribution >= 0.6 is 0 Å². The van der Waals surface area contributed by atoms with E-state index in [1.165, 1.54) is 25.3 Å². The molecule has 0 amide bonds. The van der Waals surface area contributed by atoms with Crippen molar-refractivity contribution in [3.8, 4) is 11.5 Å². The summed E-state index contributed by atoms with van der Waals surface area (Å²) >= 11 is 0. The molecule has 0 radical (unpaired) electrons. The number of carbonyl (C=O) groups is 2. The van der Waals surface area contributed by atoms with Gasteiger partial charge >= 0.3 is 11.9 Å². The maximum absolute atomic E-state index is 13.1. The second-order valence-electron chi connectivity index (χ2n) is 11.6. The van der Waals surface area contributed by atoms with Crippen LogP contribution in [0, 0.1) is 16.0 Å². The normalized spacial score (nSPS) is 17.5. The standard InChI is InChI=1S/C32H42N4O9/c1-20-27(30(38)39)28(21-10-9-11-22(16-21)36(41)42)29(31(40)44-6)24(34-20)14-15-35(4)19-32(2,3)33-17-23(37)18-45-26-13-8-7-12-25(26)43-5/h7-13,16,23,27-28,33,37H,14-15,17-19H2,1-6H3,(H,38,39). The number of hydrogen-bond acceptors (Lipinski definition) is 11. The number of nitro benzene ring substituents is 1. The summed E-state index contributed by atoms with van der Waals surface area (Å²) in [5, 5.41) is 35.4. The second-order valence-corrected chi connectivity index (χ2v) is 11.6. The fraction of sp³-hybridized carbons (Fsp3) is 0.469. The van der Waals surface area contributed by atoms with Crippen LogP contribution in [0.25, 0.3) is 0 Å². The Morgan fingerprint density at radius 1 is 1.16 bits per heavy atom. The Balaban J connectivity index is 1.72. The third-order valence-corrected chi connectivity index (χ3v) is 7.54. The number of nitro groups is 1. The quantitative estimate of drug-likeness (QED) is 0.142. The number of aliphatic carboxylic acids is 1. The minimum Gasteiger partial charge on any atom is -0.493 e. The van der Waals surface area contributed by atoms with Crippen molar-refractivity contribution < 1.29 is 38.9 Å². The smallest absolute Gasteiger partial charge is 0.336 e. The van der Waals surface area contributed by atoms with Crippen molar-refractivity contribution in [1.82, 2.24) is 10.2 Å². The molecule has 1 aliphatic rings. The molecule has 0 aromatic heterocycles. The SMILES string of the molecule is COC(=O)C1=C(CCN(C)CC(C)(C)NCC(O)COc2ccccc2OC)N=C(C)C(C(=O)O)C1c1cccc([N+](=O)[O-])c1. The van der Waals surface area contributed by atoms with Crippen molar-refractivity contribution in [2.24, 2.45) is 10.9 Å². The molecule has 0 aliphatic carbocycles. The zero-order valence-corrected chi connectivity index (χ0v) is 26.5. The number of carboxylic acids is 1. The molecule has 3 atom stereocenters. The molecular weight excluding hydrogens is 584 g/mol. The number of aliphatic imine (C=N–C) groups is 1. The van der Waals surface area contributed by atoms with Gasteiger partial charge in [0.2, 0.25) is 0 Å². The van der Waals surface area contributed by atoms with Gasteiger partial charge in [0.1, 0.15) is 18.6 Å². The van der Waals surface area contributed by atoms with Gasteiger partial charge in [-0.3, -0.25) is 19.9 Å². The number of aliphatic hydroxyl groups is 1. The van der Waals surface area contributed by atoms with Gasteiger partial charge in [-0.15, -0.1) is 0 Å². The third-order valence-electron chi connectivity index (χ3n) is 7.54. The van der Waals surface area contributed by atoms with E-state index in [-0.39, 0.29) is 30.1 Å². The lowest BCUT2D eigenvalue weighted by molar-refractivity contribution is -0.384. The minimum absolute atomic E-state index is 0.0694. The first-order chi connectivity index (χ1) is 21.3. The number of nitrogens with one attached hydrogen (secondary N) is 1. The van der Waals surface area contributed by atoms with Crippen LogP contribution in [-0.2, 0) is 14.3 Å². The number of β-amino-alcohol motifs (C(OH)–C–C–N with tert-alkyl or cyclic N) is 1. The van der Waals surface area contributed by atoms with Crippen LogP contribution in [0.5, 0.6) is 11.5 Å². The van der Waals surface area contributed by atoms with Crippen molar-refractivity contribution in [1.29, 1.82) is 0 Å². The molecule has 2 aromatic rings. The minimum atomic E-state index is -1.20. The van der Waals surface area contributed by atoms with E-state index in [1.54, 1.807) is 32.2 Å². The van der Waals surface area contributed by atoms with Crippen molar-refractivity contribution in [2.75, 3.05) is 47.5 Å². The molecule has 1 aliphatic heterocycles. The first kappa shape index (κ1) is 35.2. The highest BCUT2D eigenvalue weighted by atomic mass is 16.6. The van der Waals surface area contributed by atoms with Crippen LogP contribution in [-0.4, -0.2) is 96.8 Å². The van der Waals surface area contributed by atoms with Gasteiger partial charge in [0.15, 0.2) is 11.5 Å². The first-order valence-electron chi connectivity index (χ1n) is 14.5. The van der Waals surface area contributed by atoms with Crippen LogP contribution in [0.2, 0.25) is 0 Å². The Kier molecular flexibility index (Phi) is 12.2. The average Bonchev–Trinajstić information content (AvgIpc) is 3.00. The average molecular weight is 627 g/mol. The lowest BCUT2D eigenvalue weighted by atomic mass is 9.75. The molecule has 0 saturated heterocycles. The van der Waals surface area contributed by atoms with Gasteiger partial charge in [-0.2, -0.15) is 0 Å². The van der Waals surface area contributed by atoms with Crippen LogP contribution in [0.1, 0.15) is 38.7 Å². The molecule has 3 unspecified atom stereocenters. The van der Waals surface area contributed by atoms with Gasteiger partial charge in [-0.1, -0.05) is 24.3 Å². The van der Waals surface area contributed by atoms with Crippen LogP contribution < -0.4 is 14.8 Å². The molecule has 0 saturated carbocycles. The van der Waals surface area contributed by atoms with Gasteiger partial charge in [0.05, 0.1) is 30.4 Å². The zero-order chi connectivity index (χ0) is 33.3. The fourth-order valence-electron chi connectivity index (χ4n) is 5.47. The number of aliphatic hydroxyl groups excluding tert-OH is 1. The fourth-order valence-corrected chi connectivity index (χ4v) is 5.47. The summed E-state index contributed by atoms with van der Waals surface area (Å²) in [4.78, 5) is 43.0. The number of hydrogen-bond donors (Lipinski definition) is 3. The number of rotatable bonds is 16.